The Balaban J connectivity index is 1.78. The number of hydrogen-bond donors (Lipinski definition) is 0. The number of methoxy groups -OCH3 is 2. The Morgan fingerprint density at radius 2 is 1.89 bits per heavy atom. The van der Waals surface area contributed by atoms with Gasteiger partial charge in [-0.05, 0) is 6.07 Å². The number of morpholine rings is 1. The van der Waals surface area contributed by atoms with Crippen LogP contribution in [-0.4, -0.2) is 74.3 Å². The molecule has 2 heterocycles. The van der Waals surface area contributed by atoms with Crippen LogP contribution in [0.2, 0.25) is 0 Å². The molecule has 0 atom stereocenters. The number of halogens is 2. The molecular formula is C22H22F2N4O6S. The van der Waals surface area contributed by atoms with Gasteiger partial charge in [-0.15, -0.1) is 0 Å². The van der Waals surface area contributed by atoms with E-state index in [-0.39, 0.29) is 39.0 Å². The van der Waals surface area contributed by atoms with Crippen LogP contribution in [0, 0.1) is 21.7 Å². The van der Waals surface area contributed by atoms with Crippen LogP contribution in [0.25, 0.3) is 10.2 Å². The van der Waals surface area contributed by atoms with Gasteiger partial charge in [-0.1, -0.05) is 11.3 Å². The summed E-state index contributed by atoms with van der Waals surface area (Å²) < 4.78 is 44.0. The average Bonchev–Trinajstić information content (AvgIpc) is 3.27. The lowest BCUT2D eigenvalue weighted by Gasteiger charge is -2.29. The van der Waals surface area contributed by atoms with Gasteiger partial charge < -0.3 is 14.2 Å². The van der Waals surface area contributed by atoms with Crippen molar-refractivity contribution >= 4 is 38.3 Å². The lowest BCUT2D eigenvalue weighted by atomic mass is 10.1. The molecule has 1 aliphatic rings. The molecule has 0 unspecified atom stereocenters. The largest absolute Gasteiger partial charge is 0.493 e. The smallest absolute Gasteiger partial charge is 0.286 e. The molecule has 1 aliphatic heterocycles. The van der Waals surface area contributed by atoms with E-state index in [0.29, 0.717) is 38.9 Å². The number of benzene rings is 2. The standard InChI is InChI=1S/C22H22F2N4O6S/c1-32-17-11-14(16(28(30)31)12-18(17)33-2)21(29)27(4-3-26-5-7-34-8-6-26)22-25-20-15(24)9-13(23)10-19(20)35-22/h9-12H,3-8H2,1-2H3. The Kier molecular flexibility index (Phi) is 7.38. The first-order valence-corrected chi connectivity index (χ1v) is 11.4. The molecule has 186 valence electrons. The molecule has 2 aromatic carbocycles. The zero-order valence-electron chi connectivity index (χ0n) is 19.0. The topological polar surface area (TPSA) is 107 Å². The zero-order valence-corrected chi connectivity index (χ0v) is 19.8. The minimum Gasteiger partial charge on any atom is -0.493 e. The van der Waals surface area contributed by atoms with Crippen LogP contribution >= 0.6 is 11.3 Å². The molecule has 3 aromatic rings. The van der Waals surface area contributed by atoms with Crippen molar-refractivity contribution in [3.8, 4) is 11.5 Å². The third-order valence-corrected chi connectivity index (χ3v) is 6.58. The molecule has 0 spiro atoms. The van der Waals surface area contributed by atoms with E-state index in [1.165, 1.54) is 25.2 Å². The summed E-state index contributed by atoms with van der Waals surface area (Å²) in [5.41, 5.74) is -0.819. The van der Waals surface area contributed by atoms with Crippen molar-refractivity contribution in [3.63, 3.8) is 0 Å². The van der Waals surface area contributed by atoms with Gasteiger partial charge in [0.05, 0.1) is 43.1 Å². The molecule has 1 saturated heterocycles. The van der Waals surface area contributed by atoms with Crippen molar-refractivity contribution in [2.45, 2.75) is 0 Å². The van der Waals surface area contributed by atoms with E-state index in [2.05, 4.69) is 9.88 Å². The van der Waals surface area contributed by atoms with Crippen LogP contribution in [0.5, 0.6) is 11.5 Å². The van der Waals surface area contributed by atoms with Crippen LogP contribution in [0.1, 0.15) is 10.4 Å². The first-order valence-electron chi connectivity index (χ1n) is 10.6. The highest BCUT2D eigenvalue weighted by Gasteiger charge is 2.31. The van der Waals surface area contributed by atoms with Crippen molar-refractivity contribution in [3.05, 3.63) is 51.6 Å². The third-order valence-electron chi connectivity index (χ3n) is 5.55. The third kappa shape index (κ3) is 5.16. The SMILES string of the molecule is COc1cc(C(=O)N(CCN2CCOCC2)c2nc3c(F)cc(F)cc3s2)c([N+](=O)[O-])cc1OC. The molecule has 0 saturated carbocycles. The van der Waals surface area contributed by atoms with Crippen molar-refractivity contribution < 1.29 is 32.7 Å². The summed E-state index contributed by atoms with van der Waals surface area (Å²) in [6.07, 6.45) is 0. The van der Waals surface area contributed by atoms with Gasteiger partial charge in [0.15, 0.2) is 22.4 Å². The second kappa shape index (κ2) is 10.5. The Morgan fingerprint density at radius 1 is 1.20 bits per heavy atom. The number of anilines is 1. The minimum absolute atomic E-state index is 0.0858. The maximum Gasteiger partial charge on any atom is 0.286 e. The molecule has 0 radical (unpaired) electrons. The number of nitro benzene ring substituents is 1. The van der Waals surface area contributed by atoms with Gasteiger partial charge in [-0.3, -0.25) is 24.7 Å². The normalized spacial score (nSPS) is 14.2. The van der Waals surface area contributed by atoms with Crippen LogP contribution in [0.3, 0.4) is 0 Å². The van der Waals surface area contributed by atoms with E-state index in [1.54, 1.807) is 0 Å². The van der Waals surface area contributed by atoms with Gasteiger partial charge >= 0.3 is 0 Å². The first-order chi connectivity index (χ1) is 16.8. The molecule has 1 fully saturated rings. The van der Waals surface area contributed by atoms with Crippen molar-refractivity contribution in [1.29, 1.82) is 0 Å². The molecule has 0 N–H and O–H groups in total. The van der Waals surface area contributed by atoms with Crippen molar-refractivity contribution in [2.24, 2.45) is 0 Å². The Bertz CT molecular complexity index is 1260. The minimum atomic E-state index is -0.861. The van der Waals surface area contributed by atoms with E-state index >= 15 is 0 Å². The summed E-state index contributed by atoms with van der Waals surface area (Å²) >= 11 is 0.920. The van der Waals surface area contributed by atoms with Crippen LogP contribution in [0.4, 0.5) is 19.6 Å². The number of amides is 1. The lowest BCUT2D eigenvalue weighted by Crippen LogP contribution is -2.43. The van der Waals surface area contributed by atoms with Crippen LogP contribution in [-0.2, 0) is 4.74 Å². The summed E-state index contributed by atoms with van der Waals surface area (Å²) in [7, 11) is 2.67. The molecule has 1 aromatic heterocycles. The van der Waals surface area contributed by atoms with E-state index < -0.39 is 28.2 Å². The number of ether oxygens (including phenoxy) is 3. The van der Waals surface area contributed by atoms with Gasteiger partial charge in [-0.2, -0.15) is 0 Å². The molecule has 0 aliphatic carbocycles. The predicted molar refractivity (Wildman–Crippen MR) is 125 cm³/mol. The number of aromatic nitrogens is 1. The van der Waals surface area contributed by atoms with Gasteiger partial charge in [0.1, 0.15) is 16.9 Å². The highest BCUT2D eigenvalue weighted by atomic mass is 32.1. The van der Waals surface area contributed by atoms with Gasteiger partial charge in [0.2, 0.25) is 0 Å². The fourth-order valence-electron chi connectivity index (χ4n) is 3.75. The number of hydrogen-bond acceptors (Lipinski definition) is 9. The number of carbonyl (C=O) groups excluding carboxylic acids is 1. The average molecular weight is 509 g/mol. The van der Waals surface area contributed by atoms with Crippen LogP contribution < -0.4 is 14.4 Å². The summed E-state index contributed by atoms with van der Waals surface area (Å²) in [6, 6.07) is 4.18. The highest BCUT2D eigenvalue weighted by molar-refractivity contribution is 7.22. The van der Waals surface area contributed by atoms with Gasteiger partial charge in [0, 0.05) is 38.3 Å². The van der Waals surface area contributed by atoms with Gasteiger partial charge in [-0.25, -0.2) is 13.8 Å². The monoisotopic (exact) mass is 508 g/mol. The van der Waals surface area contributed by atoms with Crippen molar-refractivity contribution in [1.82, 2.24) is 9.88 Å². The second-order valence-corrected chi connectivity index (χ2v) is 8.63. The molecule has 4 rings (SSSR count). The van der Waals surface area contributed by atoms with E-state index in [9.17, 15) is 23.7 Å². The number of nitrogens with zero attached hydrogens (tertiary/aromatic N) is 4. The Morgan fingerprint density at radius 3 is 2.54 bits per heavy atom. The van der Waals surface area contributed by atoms with Gasteiger partial charge in [0.25, 0.3) is 11.6 Å². The summed E-state index contributed by atoms with van der Waals surface area (Å²) in [5, 5.41) is 11.9. The first kappa shape index (κ1) is 24.7. The second-order valence-electron chi connectivity index (χ2n) is 7.62. The molecule has 0 bridgehead atoms. The quantitative estimate of drug-likeness (QED) is 0.336. The Hall–Kier alpha value is -3.42. The maximum atomic E-state index is 14.3. The number of fused-ring (bicyclic) bond motifs is 1. The fourth-order valence-corrected chi connectivity index (χ4v) is 4.78. The molecular weight excluding hydrogens is 486 g/mol. The summed E-state index contributed by atoms with van der Waals surface area (Å²) in [4.78, 5) is 32.4. The molecule has 35 heavy (non-hydrogen) atoms. The van der Waals surface area contributed by atoms with E-state index in [4.69, 9.17) is 14.2 Å². The number of nitro groups is 1. The Labute approximate surface area is 202 Å². The lowest BCUT2D eigenvalue weighted by molar-refractivity contribution is -0.385. The fraction of sp³-hybridized carbons (Fsp3) is 0.364. The summed E-state index contributed by atoms with van der Waals surface area (Å²) in [5.74, 6) is -2.14. The number of thiazole rings is 1. The molecule has 10 nitrogen and oxygen atoms in total. The molecule has 13 heteroatoms. The van der Waals surface area contributed by atoms with E-state index in [1.807, 2.05) is 0 Å². The number of carbonyl (C=O) groups is 1. The highest BCUT2D eigenvalue weighted by Crippen LogP contribution is 2.37. The van der Waals surface area contributed by atoms with E-state index in [0.717, 1.165) is 23.5 Å². The maximum absolute atomic E-state index is 14.3. The predicted octanol–water partition coefficient (Wildman–Crippen LogP) is 3.48. The summed E-state index contributed by atoms with van der Waals surface area (Å²) in [6.45, 7) is 2.91. The van der Waals surface area contributed by atoms with Crippen molar-refractivity contribution in [2.75, 3.05) is 58.5 Å². The number of rotatable bonds is 8. The zero-order chi connectivity index (χ0) is 25.1. The molecule has 1 amide bonds. The van der Waals surface area contributed by atoms with Crippen LogP contribution in [0.15, 0.2) is 24.3 Å².